The minimum absolute atomic E-state index is 0.0286. The lowest BCUT2D eigenvalue weighted by Crippen LogP contribution is -2.52. The zero-order chi connectivity index (χ0) is 39.3. The molecule has 15 heteroatoms. The van der Waals surface area contributed by atoms with Gasteiger partial charge in [-0.25, -0.2) is 14.0 Å². The Labute approximate surface area is 332 Å². The van der Waals surface area contributed by atoms with Gasteiger partial charge in [-0.15, -0.1) is 0 Å². The van der Waals surface area contributed by atoms with E-state index in [4.69, 9.17) is 42.1 Å². The van der Waals surface area contributed by atoms with Crippen LogP contribution in [0.25, 0.3) is 0 Å². The summed E-state index contributed by atoms with van der Waals surface area (Å²) in [4.78, 5) is 29.8. The standard InChI is InChI=1S/C41H40Cl2F3N3O7/c42-31-20-49(52)21-32(43)30(31)18-35(27-10-11-34(56-41(45)46)36(17-27)53-23-24-8-9-24)54-39(50)28-5-3-4-25(16-28)19-47-38(29-6-1-2-7-33(29)44)40(51)55-37-22-48-14-12-26(37)13-15-48/h1-7,10-11,16-17,20-21,24,26,35,37-38,41,47H,8-9,12-15,18-19,22-23H2/t35?,37-,38?/m0/s1. The van der Waals surface area contributed by atoms with E-state index >= 15 is 4.39 Å². The molecule has 2 unspecified atom stereocenters. The smallest absolute Gasteiger partial charge is 0.387 e. The minimum Gasteiger partial charge on any atom is -0.619 e. The monoisotopic (exact) mass is 813 g/mol. The van der Waals surface area contributed by atoms with Crippen LogP contribution in [0.1, 0.15) is 70.4 Å². The summed E-state index contributed by atoms with van der Waals surface area (Å²) < 4.78 is 64.7. The average molecular weight is 815 g/mol. The van der Waals surface area contributed by atoms with Crippen LogP contribution in [0.3, 0.4) is 0 Å². The number of fused-ring (bicyclic) bond motifs is 3. The number of esters is 2. The van der Waals surface area contributed by atoms with E-state index in [1.54, 1.807) is 36.4 Å². The first-order valence-corrected chi connectivity index (χ1v) is 19.2. The number of pyridine rings is 1. The fraction of sp³-hybridized carbons (Fsp3) is 0.390. The number of piperidine rings is 3. The predicted octanol–water partition coefficient (Wildman–Crippen LogP) is 7.77. The highest BCUT2D eigenvalue weighted by atomic mass is 35.5. The molecular weight excluding hydrogens is 774 g/mol. The molecule has 4 heterocycles. The molecular formula is C41H40Cl2F3N3O7. The molecule has 56 heavy (non-hydrogen) atoms. The van der Waals surface area contributed by atoms with Gasteiger partial charge in [0.1, 0.15) is 34.1 Å². The molecule has 3 saturated heterocycles. The summed E-state index contributed by atoms with van der Waals surface area (Å²) >= 11 is 12.8. The number of benzene rings is 3. The number of hydrogen-bond acceptors (Lipinski definition) is 9. The van der Waals surface area contributed by atoms with Crippen LogP contribution < -0.4 is 19.5 Å². The normalized spacial score (nSPS) is 20.0. The van der Waals surface area contributed by atoms with Gasteiger partial charge in [-0.1, -0.05) is 59.6 Å². The summed E-state index contributed by atoms with van der Waals surface area (Å²) in [6, 6.07) is 15.7. The molecule has 1 N–H and O–H groups in total. The molecule has 2 bridgehead atoms. The lowest BCUT2D eigenvalue weighted by Gasteiger charge is -2.44. The van der Waals surface area contributed by atoms with E-state index in [1.165, 1.54) is 30.3 Å². The van der Waals surface area contributed by atoms with Gasteiger partial charge in [0.15, 0.2) is 23.9 Å². The van der Waals surface area contributed by atoms with Crippen LogP contribution in [0, 0.1) is 22.9 Å². The second kappa shape index (κ2) is 17.7. The second-order valence-corrected chi connectivity index (χ2v) is 15.2. The topological polar surface area (TPSA) is 113 Å². The van der Waals surface area contributed by atoms with Crippen LogP contribution >= 0.6 is 23.2 Å². The number of ether oxygens (including phenoxy) is 4. The van der Waals surface area contributed by atoms with Crippen molar-refractivity contribution < 1.29 is 46.4 Å². The number of aromatic nitrogens is 1. The van der Waals surface area contributed by atoms with Crippen LogP contribution in [-0.2, 0) is 27.2 Å². The zero-order valence-corrected chi connectivity index (χ0v) is 31.7. The molecule has 3 aromatic carbocycles. The quantitative estimate of drug-likeness (QED) is 0.0689. The highest BCUT2D eigenvalue weighted by molar-refractivity contribution is 6.35. The molecule has 4 aliphatic rings. The molecule has 4 fully saturated rings. The molecule has 10 nitrogen and oxygen atoms in total. The first kappa shape index (κ1) is 39.7. The Bertz CT molecular complexity index is 2020. The van der Waals surface area contributed by atoms with Crippen molar-refractivity contribution in [2.75, 3.05) is 26.2 Å². The molecule has 4 aromatic rings. The Morgan fingerprint density at radius 2 is 1.70 bits per heavy atom. The summed E-state index contributed by atoms with van der Waals surface area (Å²) in [7, 11) is 0. The van der Waals surface area contributed by atoms with E-state index in [-0.39, 0.29) is 57.7 Å². The Balaban J connectivity index is 1.11. The molecule has 1 saturated carbocycles. The van der Waals surface area contributed by atoms with Crippen molar-refractivity contribution >= 4 is 35.1 Å². The Hall–Kier alpha value is -4.56. The van der Waals surface area contributed by atoms with Gasteiger partial charge in [0, 0.05) is 30.6 Å². The van der Waals surface area contributed by atoms with E-state index in [2.05, 4.69) is 10.2 Å². The van der Waals surface area contributed by atoms with Crippen molar-refractivity contribution in [2.45, 2.75) is 63.5 Å². The van der Waals surface area contributed by atoms with Crippen molar-refractivity contribution in [3.8, 4) is 11.5 Å². The number of rotatable bonds is 16. The van der Waals surface area contributed by atoms with Gasteiger partial charge in [-0.3, -0.25) is 10.2 Å². The SMILES string of the molecule is O=C(OC(Cc1c(Cl)c[n+]([O-])cc1Cl)c1ccc(OC(F)F)c(OCC2CC2)c1)c1cccc(CNC(C(=O)O[C@H]2CN3CCC2CC3)c2ccccc2F)c1. The summed E-state index contributed by atoms with van der Waals surface area (Å²) in [5, 5.41) is 15.2. The fourth-order valence-electron chi connectivity index (χ4n) is 7.18. The van der Waals surface area contributed by atoms with Crippen molar-refractivity contribution in [3.63, 3.8) is 0 Å². The van der Waals surface area contributed by atoms with Crippen LogP contribution in [-0.4, -0.2) is 55.8 Å². The summed E-state index contributed by atoms with van der Waals surface area (Å²) in [6.45, 7) is -0.144. The fourth-order valence-corrected chi connectivity index (χ4v) is 7.78. The van der Waals surface area contributed by atoms with Crippen molar-refractivity contribution in [1.82, 2.24) is 10.2 Å². The van der Waals surface area contributed by atoms with E-state index in [0.29, 0.717) is 40.5 Å². The van der Waals surface area contributed by atoms with E-state index in [1.807, 2.05) is 0 Å². The van der Waals surface area contributed by atoms with Crippen LogP contribution in [0.5, 0.6) is 11.5 Å². The molecule has 1 aliphatic carbocycles. The average Bonchev–Trinajstić information content (AvgIpc) is 4.01. The first-order valence-electron chi connectivity index (χ1n) is 18.5. The van der Waals surface area contributed by atoms with E-state index in [9.17, 15) is 23.6 Å². The molecule has 296 valence electrons. The molecule has 0 amide bonds. The number of nitrogens with zero attached hydrogens (tertiary/aromatic N) is 2. The largest absolute Gasteiger partial charge is 0.619 e. The maximum absolute atomic E-state index is 15.1. The highest BCUT2D eigenvalue weighted by Crippen LogP contribution is 2.38. The Kier molecular flexibility index (Phi) is 12.5. The van der Waals surface area contributed by atoms with Gasteiger partial charge in [-0.05, 0) is 92.1 Å². The van der Waals surface area contributed by atoms with Gasteiger partial charge in [0.25, 0.3) is 0 Å². The summed E-state index contributed by atoms with van der Waals surface area (Å²) in [5.41, 5.74) is 1.56. The van der Waals surface area contributed by atoms with Crippen LogP contribution in [0.4, 0.5) is 13.2 Å². The Morgan fingerprint density at radius 1 is 0.946 bits per heavy atom. The van der Waals surface area contributed by atoms with Gasteiger partial charge >= 0.3 is 18.6 Å². The van der Waals surface area contributed by atoms with E-state index in [0.717, 1.165) is 51.2 Å². The molecule has 0 spiro atoms. The summed E-state index contributed by atoms with van der Waals surface area (Å²) in [6.07, 6.45) is 4.58. The highest BCUT2D eigenvalue weighted by Gasteiger charge is 2.38. The molecule has 3 aliphatic heterocycles. The number of carbonyl (C=O) groups is 2. The zero-order valence-electron chi connectivity index (χ0n) is 30.2. The third kappa shape index (κ3) is 9.87. The Morgan fingerprint density at radius 3 is 2.38 bits per heavy atom. The predicted molar refractivity (Wildman–Crippen MR) is 200 cm³/mol. The molecule has 0 radical (unpaired) electrons. The molecule has 8 rings (SSSR count). The number of alkyl halides is 2. The molecule has 1 aromatic heterocycles. The molecule has 3 atom stereocenters. The second-order valence-electron chi connectivity index (χ2n) is 14.4. The van der Waals surface area contributed by atoms with E-state index < -0.39 is 36.5 Å². The lowest BCUT2D eigenvalue weighted by atomic mass is 9.86. The maximum Gasteiger partial charge on any atom is 0.387 e. The van der Waals surface area contributed by atoms with Crippen molar-refractivity contribution in [1.29, 1.82) is 0 Å². The van der Waals surface area contributed by atoms with Crippen molar-refractivity contribution in [3.05, 3.63) is 128 Å². The van der Waals surface area contributed by atoms with Crippen LogP contribution in [0.15, 0.2) is 79.1 Å². The van der Waals surface area contributed by atoms with Gasteiger partial charge in [0.2, 0.25) is 0 Å². The minimum atomic E-state index is -3.10. The van der Waals surface area contributed by atoms with Gasteiger partial charge in [0.05, 0.1) is 12.2 Å². The number of halogens is 5. The number of nitrogens with one attached hydrogen (secondary N) is 1. The number of hydrogen-bond donors (Lipinski definition) is 1. The van der Waals surface area contributed by atoms with Crippen LogP contribution in [0.2, 0.25) is 10.0 Å². The lowest BCUT2D eigenvalue weighted by molar-refractivity contribution is -0.605. The summed E-state index contributed by atoms with van der Waals surface area (Å²) in [5.74, 6) is -1.47. The van der Waals surface area contributed by atoms with Gasteiger partial charge < -0.3 is 24.2 Å². The maximum atomic E-state index is 15.1. The van der Waals surface area contributed by atoms with Gasteiger partial charge in [-0.2, -0.15) is 13.5 Å². The third-order valence-corrected chi connectivity index (χ3v) is 11.1. The third-order valence-electron chi connectivity index (χ3n) is 10.4. The van der Waals surface area contributed by atoms with Crippen molar-refractivity contribution in [2.24, 2.45) is 11.8 Å². The first-order chi connectivity index (χ1) is 27.0. The number of carbonyl (C=O) groups excluding carboxylic acids is 2.